The second kappa shape index (κ2) is 6.43. The molecule has 0 unspecified atom stereocenters. The molecule has 0 radical (unpaired) electrons. The first kappa shape index (κ1) is 16.2. The van der Waals surface area contributed by atoms with Crippen molar-refractivity contribution in [2.75, 3.05) is 0 Å². The van der Waals surface area contributed by atoms with Crippen molar-refractivity contribution in [3.8, 4) is 0 Å². The van der Waals surface area contributed by atoms with Gasteiger partial charge in [-0.3, -0.25) is 10.1 Å². The van der Waals surface area contributed by atoms with Crippen LogP contribution in [0, 0.1) is 10.1 Å². The van der Waals surface area contributed by atoms with Crippen LogP contribution in [0.2, 0.25) is 10.0 Å². The van der Waals surface area contributed by atoms with Gasteiger partial charge in [0, 0.05) is 17.2 Å². The number of ether oxygens (including phenoxy) is 1. The van der Waals surface area contributed by atoms with Gasteiger partial charge < -0.3 is 4.74 Å². The molecule has 1 aliphatic rings. The van der Waals surface area contributed by atoms with Crippen LogP contribution in [-0.4, -0.2) is 16.8 Å². The molecule has 3 rings (SSSR count). The number of nitrogens with zero attached hydrogens (tertiary/aromatic N) is 2. The van der Waals surface area contributed by atoms with Crippen molar-refractivity contribution < 1.29 is 14.5 Å². The van der Waals surface area contributed by atoms with Gasteiger partial charge in [-0.25, -0.2) is 9.79 Å². The molecule has 24 heavy (non-hydrogen) atoms. The topological polar surface area (TPSA) is 81.8 Å². The van der Waals surface area contributed by atoms with E-state index in [2.05, 4.69) is 4.99 Å². The Hall–Kier alpha value is -2.70. The number of nitro groups is 1. The van der Waals surface area contributed by atoms with E-state index in [9.17, 15) is 14.9 Å². The number of carbonyl (C=O) groups is 1. The van der Waals surface area contributed by atoms with E-state index in [0.717, 1.165) is 0 Å². The monoisotopic (exact) mass is 362 g/mol. The summed E-state index contributed by atoms with van der Waals surface area (Å²) in [6.45, 7) is 0. The van der Waals surface area contributed by atoms with Gasteiger partial charge >= 0.3 is 5.97 Å². The molecule has 8 heteroatoms. The van der Waals surface area contributed by atoms with Crippen molar-refractivity contribution >= 4 is 46.8 Å². The maximum Gasteiger partial charge on any atom is 0.363 e. The second-order valence-electron chi connectivity index (χ2n) is 4.81. The zero-order valence-electron chi connectivity index (χ0n) is 11.9. The second-order valence-corrected chi connectivity index (χ2v) is 5.66. The van der Waals surface area contributed by atoms with Crippen molar-refractivity contribution in [1.29, 1.82) is 0 Å². The minimum atomic E-state index is -0.664. The summed E-state index contributed by atoms with van der Waals surface area (Å²) < 4.78 is 5.11. The van der Waals surface area contributed by atoms with Crippen molar-refractivity contribution in [2.45, 2.75) is 0 Å². The number of benzene rings is 2. The minimum Gasteiger partial charge on any atom is -0.402 e. The van der Waals surface area contributed by atoms with E-state index in [1.807, 2.05) is 0 Å². The Morgan fingerprint density at radius 2 is 1.96 bits per heavy atom. The molecule has 0 aromatic heterocycles. The first-order valence-corrected chi connectivity index (χ1v) is 7.42. The zero-order chi connectivity index (χ0) is 17.3. The van der Waals surface area contributed by atoms with Crippen molar-refractivity contribution in [3.63, 3.8) is 0 Å². The highest BCUT2D eigenvalue weighted by atomic mass is 35.5. The molecule has 0 fully saturated rings. The lowest BCUT2D eigenvalue weighted by Gasteiger charge is -2.02. The normalized spacial score (nSPS) is 15.3. The predicted molar refractivity (Wildman–Crippen MR) is 90.2 cm³/mol. The first-order valence-electron chi connectivity index (χ1n) is 6.66. The van der Waals surface area contributed by atoms with Crippen LogP contribution >= 0.6 is 23.2 Å². The average Bonchev–Trinajstić information content (AvgIpc) is 2.88. The van der Waals surface area contributed by atoms with Gasteiger partial charge in [-0.2, -0.15) is 0 Å². The molecule has 2 aromatic carbocycles. The third-order valence-corrected chi connectivity index (χ3v) is 3.71. The Labute approximate surface area is 146 Å². The summed E-state index contributed by atoms with van der Waals surface area (Å²) in [5, 5.41) is 11.5. The maximum atomic E-state index is 12.0. The van der Waals surface area contributed by atoms with Gasteiger partial charge in [0.2, 0.25) is 5.90 Å². The summed E-state index contributed by atoms with van der Waals surface area (Å²) in [6, 6.07) is 10.5. The Balaban J connectivity index is 1.97. The molecule has 0 atom stereocenters. The van der Waals surface area contributed by atoms with E-state index in [4.69, 9.17) is 27.9 Å². The van der Waals surface area contributed by atoms with Crippen molar-refractivity contribution in [1.82, 2.24) is 0 Å². The number of non-ortho nitro benzene ring substituents is 1. The van der Waals surface area contributed by atoms with Gasteiger partial charge in [-0.05, 0) is 29.8 Å². The number of hydrogen-bond donors (Lipinski definition) is 0. The Morgan fingerprint density at radius 1 is 1.17 bits per heavy atom. The number of cyclic esters (lactones) is 1. The van der Waals surface area contributed by atoms with E-state index >= 15 is 0 Å². The number of esters is 1. The van der Waals surface area contributed by atoms with Crippen LogP contribution in [0.5, 0.6) is 0 Å². The summed E-state index contributed by atoms with van der Waals surface area (Å²) >= 11 is 11.9. The number of rotatable bonds is 3. The lowest BCUT2D eigenvalue weighted by atomic mass is 10.1. The zero-order valence-corrected chi connectivity index (χ0v) is 13.4. The minimum absolute atomic E-state index is 0.0246. The van der Waals surface area contributed by atoms with Crippen molar-refractivity contribution in [2.24, 2.45) is 4.99 Å². The molecule has 0 aliphatic carbocycles. The fourth-order valence-electron chi connectivity index (χ4n) is 2.07. The molecule has 0 N–H and O–H groups in total. The molecule has 120 valence electrons. The molecule has 0 spiro atoms. The Kier molecular flexibility index (Phi) is 4.33. The van der Waals surface area contributed by atoms with E-state index in [1.165, 1.54) is 30.3 Å². The molecule has 0 saturated carbocycles. The van der Waals surface area contributed by atoms with Crippen LogP contribution in [0.25, 0.3) is 6.08 Å². The molecule has 1 heterocycles. The lowest BCUT2D eigenvalue weighted by molar-refractivity contribution is -0.384. The quantitative estimate of drug-likeness (QED) is 0.353. The van der Waals surface area contributed by atoms with Crippen LogP contribution in [0.1, 0.15) is 11.1 Å². The summed E-state index contributed by atoms with van der Waals surface area (Å²) in [5.74, 6) is -0.610. The average molecular weight is 363 g/mol. The van der Waals surface area contributed by atoms with Gasteiger partial charge in [0.15, 0.2) is 5.70 Å². The summed E-state index contributed by atoms with van der Waals surface area (Å²) in [4.78, 5) is 26.3. The maximum absolute atomic E-state index is 12.0. The van der Waals surface area contributed by atoms with Crippen LogP contribution in [0.3, 0.4) is 0 Å². The predicted octanol–water partition coefficient (Wildman–Crippen LogP) is 4.25. The van der Waals surface area contributed by atoms with E-state index in [-0.39, 0.29) is 17.3 Å². The third kappa shape index (κ3) is 3.29. The fourth-order valence-corrected chi connectivity index (χ4v) is 2.56. The first-order chi connectivity index (χ1) is 11.4. The Bertz CT molecular complexity index is 922. The van der Waals surface area contributed by atoms with Crippen LogP contribution < -0.4 is 0 Å². The molecule has 0 bridgehead atoms. The van der Waals surface area contributed by atoms with E-state index < -0.39 is 10.9 Å². The molecule has 2 aromatic rings. The third-order valence-electron chi connectivity index (χ3n) is 3.17. The van der Waals surface area contributed by atoms with Gasteiger partial charge in [0.25, 0.3) is 5.69 Å². The van der Waals surface area contributed by atoms with E-state index in [1.54, 1.807) is 18.2 Å². The Morgan fingerprint density at radius 3 is 2.67 bits per heavy atom. The van der Waals surface area contributed by atoms with Gasteiger partial charge in [0.1, 0.15) is 0 Å². The molecule has 0 saturated heterocycles. The van der Waals surface area contributed by atoms with Crippen LogP contribution in [0.4, 0.5) is 5.69 Å². The fraction of sp³-hybridized carbons (Fsp3) is 0. The summed E-state index contributed by atoms with van der Waals surface area (Å²) in [7, 11) is 0. The van der Waals surface area contributed by atoms with Gasteiger partial charge in [-0.15, -0.1) is 0 Å². The highest BCUT2D eigenvalue weighted by Gasteiger charge is 2.25. The summed E-state index contributed by atoms with van der Waals surface area (Å²) in [5.41, 5.74) is 0.831. The van der Waals surface area contributed by atoms with Crippen LogP contribution in [0.15, 0.2) is 53.2 Å². The van der Waals surface area contributed by atoms with Crippen LogP contribution in [-0.2, 0) is 9.53 Å². The summed E-state index contributed by atoms with van der Waals surface area (Å²) in [6.07, 6.45) is 1.41. The smallest absolute Gasteiger partial charge is 0.363 e. The highest BCUT2D eigenvalue weighted by Crippen LogP contribution is 2.26. The highest BCUT2D eigenvalue weighted by molar-refractivity contribution is 6.37. The largest absolute Gasteiger partial charge is 0.402 e. The molecular formula is C16H8Cl2N2O4. The number of hydrogen-bond acceptors (Lipinski definition) is 5. The molecule has 1 aliphatic heterocycles. The molecule has 0 amide bonds. The molecule has 6 nitrogen and oxygen atoms in total. The number of aliphatic imine (C=N–C) groups is 1. The van der Waals surface area contributed by atoms with Crippen molar-refractivity contribution in [3.05, 3.63) is 79.4 Å². The van der Waals surface area contributed by atoms with Gasteiger partial charge in [0.05, 0.1) is 15.5 Å². The molecular weight excluding hydrogens is 355 g/mol. The number of carbonyl (C=O) groups excluding carboxylic acids is 1. The number of halogens is 2. The van der Waals surface area contributed by atoms with E-state index in [0.29, 0.717) is 21.2 Å². The number of nitro benzene ring substituents is 1. The lowest BCUT2D eigenvalue weighted by Crippen LogP contribution is -2.05. The van der Waals surface area contributed by atoms with Gasteiger partial charge in [-0.1, -0.05) is 35.3 Å². The SMILES string of the molecule is O=C1OC(c2ccc(Cl)cc2Cl)=NC1=Cc1cccc([N+](=O)[O-])c1. The standard InChI is InChI=1S/C16H8Cl2N2O4/c17-10-4-5-12(13(18)8-10)15-19-14(16(21)24-15)7-9-2-1-3-11(6-9)20(22)23/h1-8H.